The summed E-state index contributed by atoms with van der Waals surface area (Å²) in [6, 6.07) is 53.3. The van der Waals surface area contributed by atoms with Crippen molar-refractivity contribution in [1.29, 1.82) is 0 Å². The fraction of sp³-hybridized carbons (Fsp3) is 0. The zero-order valence-corrected chi connectivity index (χ0v) is 20.9. The van der Waals surface area contributed by atoms with Crippen LogP contribution in [0.4, 0.5) is 0 Å². The first-order chi connectivity index (χ1) is 18.9. The third-order valence-electron chi connectivity index (χ3n) is 8.05. The molecule has 0 atom stereocenters. The lowest BCUT2D eigenvalue weighted by Gasteiger charge is -2.18. The van der Waals surface area contributed by atoms with E-state index in [0.717, 1.165) is 0 Å². The molecule has 0 N–H and O–H groups in total. The Morgan fingerprint density at radius 3 is 1.42 bits per heavy atom. The Morgan fingerprint density at radius 2 is 0.658 bits per heavy atom. The monoisotopic (exact) mass is 480 g/mol. The molecule has 8 aromatic rings. The van der Waals surface area contributed by atoms with Crippen molar-refractivity contribution in [1.82, 2.24) is 0 Å². The average Bonchev–Trinajstić information content (AvgIpc) is 3.00. The second kappa shape index (κ2) is 8.30. The van der Waals surface area contributed by atoms with Crippen molar-refractivity contribution in [3.63, 3.8) is 0 Å². The number of hydrogen-bond acceptors (Lipinski definition) is 0. The van der Waals surface area contributed by atoms with Gasteiger partial charge < -0.3 is 0 Å². The zero-order valence-electron chi connectivity index (χ0n) is 20.9. The van der Waals surface area contributed by atoms with Gasteiger partial charge in [0.15, 0.2) is 0 Å². The van der Waals surface area contributed by atoms with Crippen molar-refractivity contribution in [2.75, 3.05) is 0 Å². The number of rotatable bonds is 2. The van der Waals surface area contributed by atoms with Gasteiger partial charge >= 0.3 is 0 Å². The number of hydrogen-bond donors (Lipinski definition) is 0. The minimum Gasteiger partial charge on any atom is -0.0616 e. The van der Waals surface area contributed by atoms with Crippen LogP contribution in [-0.2, 0) is 0 Å². The quantitative estimate of drug-likeness (QED) is 0.216. The Labute approximate surface area is 221 Å². The first-order valence-electron chi connectivity index (χ1n) is 13.2. The molecule has 0 nitrogen and oxygen atoms in total. The minimum absolute atomic E-state index is 1.26. The first-order valence-corrected chi connectivity index (χ1v) is 13.2. The molecule has 0 aliphatic heterocycles. The van der Waals surface area contributed by atoms with Crippen LogP contribution in [0.5, 0.6) is 0 Å². The van der Waals surface area contributed by atoms with Gasteiger partial charge in [-0.2, -0.15) is 0 Å². The zero-order chi connectivity index (χ0) is 25.1. The van der Waals surface area contributed by atoms with E-state index in [4.69, 9.17) is 0 Å². The molecule has 0 fully saturated rings. The summed E-state index contributed by atoms with van der Waals surface area (Å²) in [5, 5.41) is 13.0. The van der Waals surface area contributed by atoms with Gasteiger partial charge in [-0.25, -0.2) is 0 Å². The molecule has 0 radical (unpaired) electrons. The van der Waals surface area contributed by atoms with Crippen molar-refractivity contribution >= 4 is 53.9 Å². The van der Waals surface area contributed by atoms with Gasteiger partial charge in [0, 0.05) is 0 Å². The molecule has 0 saturated carbocycles. The van der Waals surface area contributed by atoms with E-state index in [1.807, 2.05) is 0 Å². The van der Waals surface area contributed by atoms with E-state index in [1.165, 1.54) is 76.1 Å². The third-order valence-corrected chi connectivity index (χ3v) is 8.05. The maximum atomic E-state index is 2.31. The van der Waals surface area contributed by atoms with E-state index < -0.39 is 0 Å². The molecule has 0 heteroatoms. The SMILES string of the molecule is c1ccc(-c2cccc3c4ccccc4c4ccc5ccccc5c4c23)c(-c2cccc3ccccc23)c1. The molecule has 8 aromatic carbocycles. The fourth-order valence-electron chi connectivity index (χ4n) is 6.40. The second-order valence-corrected chi connectivity index (χ2v) is 10.1. The van der Waals surface area contributed by atoms with Crippen LogP contribution < -0.4 is 0 Å². The van der Waals surface area contributed by atoms with Crippen molar-refractivity contribution < 1.29 is 0 Å². The van der Waals surface area contributed by atoms with Gasteiger partial charge in [0.05, 0.1) is 0 Å². The molecule has 0 unspecified atom stereocenters. The predicted molar refractivity (Wildman–Crippen MR) is 165 cm³/mol. The molecule has 8 rings (SSSR count). The molecule has 0 aromatic heterocycles. The van der Waals surface area contributed by atoms with Crippen molar-refractivity contribution in [3.8, 4) is 22.3 Å². The summed E-state index contributed by atoms with van der Waals surface area (Å²) in [6.45, 7) is 0. The molecule has 0 aliphatic rings. The van der Waals surface area contributed by atoms with E-state index in [1.54, 1.807) is 0 Å². The molecule has 176 valence electrons. The summed E-state index contributed by atoms with van der Waals surface area (Å²) in [4.78, 5) is 0. The van der Waals surface area contributed by atoms with E-state index >= 15 is 0 Å². The largest absolute Gasteiger partial charge is 0.0616 e. The molecular weight excluding hydrogens is 456 g/mol. The van der Waals surface area contributed by atoms with Crippen LogP contribution in [0.15, 0.2) is 146 Å². The van der Waals surface area contributed by atoms with Crippen LogP contribution in [0.25, 0.3) is 76.1 Å². The highest BCUT2D eigenvalue weighted by atomic mass is 14.2. The highest BCUT2D eigenvalue weighted by Gasteiger charge is 2.17. The van der Waals surface area contributed by atoms with Crippen molar-refractivity contribution in [3.05, 3.63) is 146 Å². The summed E-state index contributed by atoms with van der Waals surface area (Å²) in [7, 11) is 0. The van der Waals surface area contributed by atoms with Gasteiger partial charge in [0.1, 0.15) is 0 Å². The van der Waals surface area contributed by atoms with Gasteiger partial charge in [-0.05, 0) is 76.1 Å². The van der Waals surface area contributed by atoms with Crippen LogP contribution in [0.2, 0.25) is 0 Å². The van der Waals surface area contributed by atoms with E-state index in [9.17, 15) is 0 Å². The highest BCUT2D eigenvalue weighted by molar-refractivity contribution is 6.34. The summed E-state index contributed by atoms with van der Waals surface area (Å²) in [6.07, 6.45) is 0. The first kappa shape index (κ1) is 21.2. The number of benzene rings is 8. The van der Waals surface area contributed by atoms with E-state index in [2.05, 4.69) is 146 Å². The maximum Gasteiger partial charge on any atom is -0.00139 e. The molecule has 38 heavy (non-hydrogen) atoms. The molecule has 0 aliphatic carbocycles. The average molecular weight is 481 g/mol. The molecule has 0 heterocycles. The Morgan fingerprint density at radius 1 is 0.211 bits per heavy atom. The molecule has 0 bridgehead atoms. The molecular formula is C38H24. The minimum atomic E-state index is 1.26. The lowest BCUT2D eigenvalue weighted by atomic mass is 9.85. The summed E-state index contributed by atoms with van der Waals surface area (Å²) in [5.74, 6) is 0. The van der Waals surface area contributed by atoms with Gasteiger partial charge in [0.25, 0.3) is 0 Å². The summed E-state index contributed by atoms with van der Waals surface area (Å²) in [5.41, 5.74) is 5.07. The van der Waals surface area contributed by atoms with Crippen LogP contribution >= 0.6 is 0 Å². The predicted octanol–water partition coefficient (Wildman–Crippen LogP) is 10.8. The lowest BCUT2D eigenvalue weighted by Crippen LogP contribution is -1.91. The van der Waals surface area contributed by atoms with Gasteiger partial charge in [-0.15, -0.1) is 0 Å². The normalized spacial score (nSPS) is 11.7. The summed E-state index contributed by atoms with van der Waals surface area (Å²) >= 11 is 0. The smallest absolute Gasteiger partial charge is 0.00139 e. The van der Waals surface area contributed by atoms with Crippen LogP contribution in [0.3, 0.4) is 0 Å². The highest BCUT2D eigenvalue weighted by Crippen LogP contribution is 2.45. The maximum absolute atomic E-state index is 2.31. The van der Waals surface area contributed by atoms with Crippen molar-refractivity contribution in [2.24, 2.45) is 0 Å². The van der Waals surface area contributed by atoms with Crippen LogP contribution in [-0.4, -0.2) is 0 Å². The summed E-state index contributed by atoms with van der Waals surface area (Å²) < 4.78 is 0. The topological polar surface area (TPSA) is 0 Å². The Kier molecular flexibility index (Phi) is 4.62. The Hall–Kier alpha value is -4.94. The van der Waals surface area contributed by atoms with Crippen LogP contribution in [0, 0.1) is 0 Å². The van der Waals surface area contributed by atoms with E-state index in [0.29, 0.717) is 0 Å². The van der Waals surface area contributed by atoms with Gasteiger partial charge in [-0.3, -0.25) is 0 Å². The molecule has 0 spiro atoms. The fourth-order valence-corrected chi connectivity index (χ4v) is 6.40. The van der Waals surface area contributed by atoms with Gasteiger partial charge in [0.2, 0.25) is 0 Å². The van der Waals surface area contributed by atoms with Crippen LogP contribution in [0.1, 0.15) is 0 Å². The van der Waals surface area contributed by atoms with Gasteiger partial charge in [-0.1, -0.05) is 146 Å². The van der Waals surface area contributed by atoms with Crippen molar-refractivity contribution in [2.45, 2.75) is 0 Å². The van der Waals surface area contributed by atoms with E-state index in [-0.39, 0.29) is 0 Å². The Bertz CT molecular complexity index is 2180. The number of fused-ring (bicyclic) bond motifs is 9. The second-order valence-electron chi connectivity index (χ2n) is 10.1. The lowest BCUT2D eigenvalue weighted by molar-refractivity contribution is 1.63. The third kappa shape index (κ3) is 3.04. The molecule has 0 amide bonds. The standard InChI is InChI=1S/C38H24/c1-3-14-27-25(11-1)13-9-20-29(27)30-16-5-6-17-31(30)34-21-10-22-35-32-18-7-8-19-33(32)36-24-23-26-12-2-4-15-28(26)37(36)38(34)35/h1-24H. The Balaban J connectivity index is 1.58. The molecule has 0 saturated heterocycles.